The Bertz CT molecular complexity index is 581. The number of hydrogen-bond donors (Lipinski definition) is 2. The molecule has 21 heavy (non-hydrogen) atoms. The highest BCUT2D eigenvalue weighted by Gasteiger charge is 2.29. The van der Waals surface area contributed by atoms with Crippen molar-refractivity contribution in [1.82, 2.24) is 9.29 Å². The van der Waals surface area contributed by atoms with Gasteiger partial charge in [0.15, 0.2) is 0 Å². The van der Waals surface area contributed by atoms with E-state index in [1.807, 2.05) is 13.8 Å². The maximum absolute atomic E-state index is 12.5. The number of thioether (sulfide) groups is 1. The Hall–Kier alpha value is -0.500. The van der Waals surface area contributed by atoms with Crippen LogP contribution >= 0.6 is 11.8 Å². The Morgan fingerprint density at radius 1 is 1.48 bits per heavy atom. The molecule has 1 aliphatic carbocycles. The van der Waals surface area contributed by atoms with Gasteiger partial charge in [-0.15, -0.1) is 0 Å². The van der Waals surface area contributed by atoms with Gasteiger partial charge in [0, 0.05) is 29.2 Å². The van der Waals surface area contributed by atoms with Crippen molar-refractivity contribution in [2.75, 3.05) is 6.26 Å². The number of aliphatic hydroxyl groups is 1. The van der Waals surface area contributed by atoms with E-state index in [1.54, 1.807) is 28.6 Å². The zero-order valence-electron chi connectivity index (χ0n) is 12.7. The van der Waals surface area contributed by atoms with Crippen LogP contribution in [-0.2, 0) is 16.6 Å². The van der Waals surface area contributed by atoms with Crippen molar-refractivity contribution < 1.29 is 13.5 Å². The van der Waals surface area contributed by atoms with Gasteiger partial charge in [-0.05, 0) is 45.4 Å². The molecule has 1 aliphatic rings. The second-order valence-electron chi connectivity index (χ2n) is 5.82. The highest BCUT2D eigenvalue weighted by molar-refractivity contribution is 7.99. The number of nitrogens with one attached hydrogen (secondary N) is 1. The number of aliphatic hydroxyl groups excluding tert-OH is 1. The Balaban J connectivity index is 2.16. The van der Waals surface area contributed by atoms with Gasteiger partial charge in [-0.1, -0.05) is 0 Å². The molecule has 1 saturated carbocycles. The summed E-state index contributed by atoms with van der Waals surface area (Å²) >= 11 is 1.80. The Kier molecular flexibility index (Phi) is 5.40. The van der Waals surface area contributed by atoms with E-state index in [0.717, 1.165) is 19.3 Å². The lowest BCUT2D eigenvalue weighted by molar-refractivity contribution is 0.268. The molecular formula is C14H24N2O3S2. The summed E-state index contributed by atoms with van der Waals surface area (Å²) in [4.78, 5) is 0.243. The number of nitrogens with zero attached hydrogens (tertiary/aromatic N) is 1. The van der Waals surface area contributed by atoms with Gasteiger partial charge in [0.05, 0.1) is 11.5 Å². The summed E-state index contributed by atoms with van der Waals surface area (Å²) in [5, 5.41) is 9.91. The van der Waals surface area contributed by atoms with Crippen molar-refractivity contribution in [3.63, 3.8) is 0 Å². The summed E-state index contributed by atoms with van der Waals surface area (Å²) in [6.07, 6.45) is 6.52. The predicted octanol–water partition coefficient (Wildman–Crippen LogP) is 2.12. The fraction of sp³-hybridized carbons (Fsp3) is 0.714. The highest BCUT2D eigenvalue weighted by Crippen LogP contribution is 2.29. The molecule has 0 amide bonds. The number of aromatic nitrogens is 1. The minimum atomic E-state index is -3.51. The zero-order valence-corrected chi connectivity index (χ0v) is 14.4. The van der Waals surface area contributed by atoms with Crippen molar-refractivity contribution in [3.8, 4) is 0 Å². The molecule has 2 rings (SSSR count). The maximum atomic E-state index is 12.5. The molecule has 5 nitrogen and oxygen atoms in total. The lowest BCUT2D eigenvalue weighted by Crippen LogP contribution is -2.33. The second-order valence-corrected chi connectivity index (χ2v) is 8.67. The largest absolute Gasteiger partial charge is 0.390 e. The third-order valence-electron chi connectivity index (χ3n) is 3.98. The first-order chi connectivity index (χ1) is 9.87. The lowest BCUT2D eigenvalue weighted by Gasteiger charge is -2.12. The van der Waals surface area contributed by atoms with E-state index < -0.39 is 10.0 Å². The van der Waals surface area contributed by atoms with E-state index in [2.05, 4.69) is 11.0 Å². The fourth-order valence-electron chi connectivity index (χ4n) is 2.80. The lowest BCUT2D eigenvalue weighted by atomic mass is 10.3. The molecule has 0 radical (unpaired) electrons. The van der Waals surface area contributed by atoms with E-state index in [4.69, 9.17) is 0 Å². The maximum Gasteiger partial charge on any atom is 0.242 e. The molecule has 0 spiro atoms. The molecule has 0 bridgehead atoms. The van der Waals surface area contributed by atoms with Crippen molar-refractivity contribution in [1.29, 1.82) is 0 Å². The molecule has 2 unspecified atom stereocenters. The first-order valence-corrected chi connectivity index (χ1v) is 10.0. The molecule has 2 atom stereocenters. The summed E-state index contributed by atoms with van der Waals surface area (Å²) in [6.45, 7) is 3.76. The van der Waals surface area contributed by atoms with E-state index >= 15 is 0 Å². The molecular weight excluding hydrogens is 308 g/mol. The van der Waals surface area contributed by atoms with E-state index in [9.17, 15) is 13.5 Å². The van der Waals surface area contributed by atoms with Crippen molar-refractivity contribution in [2.45, 2.75) is 61.9 Å². The Labute approximate surface area is 131 Å². The summed E-state index contributed by atoms with van der Waals surface area (Å²) in [5.41, 5.74) is 0.624. The minimum absolute atomic E-state index is 0.0208. The summed E-state index contributed by atoms with van der Waals surface area (Å²) in [6, 6.07) is 1.69. The number of rotatable bonds is 6. The molecule has 1 aromatic heterocycles. The zero-order chi connectivity index (χ0) is 15.6. The standard InChI is InChI=1S/C14H24N2O3S2/c1-10(2)16-8-14(7-12(16)9-17)21(18,19)15-11-4-5-13(6-11)20-3/h7-8,10-11,13,15,17H,4-6,9H2,1-3H3. The molecule has 1 fully saturated rings. The SMILES string of the molecule is CSC1CCC(NS(=O)(=O)c2cc(CO)n(C(C)C)c2)C1. The van der Waals surface area contributed by atoms with Gasteiger partial charge in [-0.25, -0.2) is 13.1 Å². The second kappa shape index (κ2) is 6.73. The quantitative estimate of drug-likeness (QED) is 0.837. The van der Waals surface area contributed by atoms with E-state index in [1.165, 1.54) is 0 Å². The van der Waals surface area contributed by atoms with Crippen LogP contribution in [0.2, 0.25) is 0 Å². The van der Waals surface area contributed by atoms with Crippen LogP contribution in [0.3, 0.4) is 0 Å². The molecule has 0 saturated heterocycles. The highest BCUT2D eigenvalue weighted by atomic mass is 32.2. The van der Waals surface area contributed by atoms with Gasteiger partial charge in [0.25, 0.3) is 0 Å². The third kappa shape index (κ3) is 3.83. The first kappa shape index (κ1) is 16.9. The molecule has 0 aliphatic heterocycles. The van der Waals surface area contributed by atoms with E-state index in [0.29, 0.717) is 10.9 Å². The van der Waals surface area contributed by atoms with Crippen LogP contribution in [0.1, 0.15) is 44.8 Å². The van der Waals surface area contributed by atoms with Crippen LogP contribution in [0.25, 0.3) is 0 Å². The van der Waals surface area contributed by atoms with Gasteiger partial charge < -0.3 is 9.67 Å². The number of sulfonamides is 1. The minimum Gasteiger partial charge on any atom is -0.390 e. The Morgan fingerprint density at radius 3 is 2.67 bits per heavy atom. The summed E-state index contributed by atoms with van der Waals surface area (Å²) < 4.78 is 29.6. The first-order valence-electron chi connectivity index (χ1n) is 7.24. The topological polar surface area (TPSA) is 71.3 Å². The van der Waals surface area contributed by atoms with Gasteiger partial charge in [-0.3, -0.25) is 0 Å². The molecule has 1 heterocycles. The average molecular weight is 332 g/mol. The smallest absolute Gasteiger partial charge is 0.242 e. The van der Waals surface area contributed by atoms with Gasteiger partial charge in [0.2, 0.25) is 10.0 Å². The van der Waals surface area contributed by atoms with Gasteiger partial charge in [-0.2, -0.15) is 11.8 Å². The summed E-state index contributed by atoms with van der Waals surface area (Å²) in [7, 11) is -3.51. The molecule has 120 valence electrons. The summed E-state index contributed by atoms with van der Waals surface area (Å²) in [5.74, 6) is 0. The fourth-order valence-corrected chi connectivity index (χ4v) is 4.93. The number of hydrogen-bond acceptors (Lipinski definition) is 4. The average Bonchev–Trinajstić information content (AvgIpc) is 3.04. The van der Waals surface area contributed by atoms with Gasteiger partial charge >= 0.3 is 0 Å². The van der Waals surface area contributed by atoms with Crippen LogP contribution in [-0.4, -0.2) is 35.6 Å². The van der Waals surface area contributed by atoms with Crippen molar-refractivity contribution in [3.05, 3.63) is 18.0 Å². The van der Waals surface area contributed by atoms with E-state index in [-0.39, 0.29) is 23.6 Å². The van der Waals surface area contributed by atoms with Crippen molar-refractivity contribution in [2.24, 2.45) is 0 Å². The van der Waals surface area contributed by atoms with Gasteiger partial charge in [0.1, 0.15) is 0 Å². The molecule has 2 N–H and O–H groups in total. The normalized spacial score (nSPS) is 23.1. The Morgan fingerprint density at radius 2 is 2.19 bits per heavy atom. The third-order valence-corrected chi connectivity index (χ3v) is 6.56. The molecule has 7 heteroatoms. The van der Waals surface area contributed by atoms with Crippen LogP contribution in [0.15, 0.2) is 17.2 Å². The molecule has 1 aromatic rings. The van der Waals surface area contributed by atoms with Crippen LogP contribution in [0, 0.1) is 0 Å². The van der Waals surface area contributed by atoms with Crippen LogP contribution in [0.4, 0.5) is 0 Å². The molecule has 0 aromatic carbocycles. The van der Waals surface area contributed by atoms with Crippen LogP contribution < -0.4 is 4.72 Å². The van der Waals surface area contributed by atoms with Crippen molar-refractivity contribution >= 4 is 21.8 Å². The predicted molar refractivity (Wildman–Crippen MR) is 86.0 cm³/mol. The monoisotopic (exact) mass is 332 g/mol. The van der Waals surface area contributed by atoms with Crippen LogP contribution in [0.5, 0.6) is 0 Å².